The number of aryl methyl sites for hydroxylation is 1. The van der Waals surface area contributed by atoms with E-state index >= 15 is 0 Å². The number of rotatable bonds is 6. The van der Waals surface area contributed by atoms with Crippen LogP contribution in [0, 0.1) is 12.3 Å². The maximum absolute atomic E-state index is 10.9. The van der Waals surface area contributed by atoms with E-state index in [1.165, 1.54) is 6.33 Å². The smallest absolute Gasteiger partial charge is 0.327 e. The number of nitrogens with zero attached hydrogens (tertiary/aromatic N) is 2. The summed E-state index contributed by atoms with van der Waals surface area (Å²) in [4.78, 5) is 19.0. The van der Waals surface area contributed by atoms with Gasteiger partial charge in [0.05, 0.1) is 0 Å². The molecule has 1 unspecified atom stereocenters. The van der Waals surface area contributed by atoms with Crippen LogP contribution in [0.3, 0.4) is 0 Å². The molecule has 1 aromatic heterocycles. The van der Waals surface area contributed by atoms with Crippen LogP contribution in [0.5, 0.6) is 0 Å². The van der Waals surface area contributed by atoms with E-state index in [0.717, 1.165) is 18.5 Å². The molecule has 0 fully saturated rings. The minimum atomic E-state index is -0.987. The van der Waals surface area contributed by atoms with Gasteiger partial charge < -0.3 is 10.4 Å². The zero-order chi connectivity index (χ0) is 12.7. The molecule has 90 valence electrons. The predicted molar refractivity (Wildman–Crippen MR) is 64.5 cm³/mol. The molecule has 0 aromatic carbocycles. The van der Waals surface area contributed by atoms with E-state index < -0.39 is 12.0 Å². The number of hydrogen-bond acceptors (Lipinski definition) is 4. The van der Waals surface area contributed by atoms with Gasteiger partial charge in [0.2, 0.25) is 0 Å². The first-order valence-electron chi connectivity index (χ1n) is 5.41. The molecule has 1 heterocycles. The van der Waals surface area contributed by atoms with Crippen LogP contribution in [0.2, 0.25) is 0 Å². The van der Waals surface area contributed by atoms with Crippen LogP contribution in [-0.2, 0) is 11.2 Å². The molecule has 0 saturated carbocycles. The molecular weight excluding hydrogens is 218 g/mol. The van der Waals surface area contributed by atoms with Gasteiger partial charge in [-0.25, -0.2) is 14.8 Å². The highest BCUT2D eigenvalue weighted by Crippen LogP contribution is 2.08. The lowest BCUT2D eigenvalue weighted by Gasteiger charge is -2.12. The molecule has 0 aliphatic carbocycles. The van der Waals surface area contributed by atoms with Crippen molar-refractivity contribution in [2.75, 3.05) is 5.32 Å². The Morgan fingerprint density at radius 3 is 3.00 bits per heavy atom. The molecule has 5 nitrogen and oxygen atoms in total. The average Bonchev–Trinajstić information content (AvgIpc) is 2.29. The fourth-order valence-electron chi connectivity index (χ4n) is 1.37. The lowest BCUT2D eigenvalue weighted by atomic mass is 10.2. The molecule has 0 aliphatic heterocycles. The number of aliphatic carboxylic acids is 1. The van der Waals surface area contributed by atoms with Crippen LogP contribution < -0.4 is 5.32 Å². The summed E-state index contributed by atoms with van der Waals surface area (Å²) in [5, 5.41) is 11.7. The lowest BCUT2D eigenvalue weighted by molar-refractivity contribution is -0.137. The average molecular weight is 233 g/mol. The Labute approximate surface area is 100 Å². The fraction of sp³-hybridized carbons (Fsp3) is 0.417. The standard InChI is InChI=1S/C12H15N3O2/c1-3-5-9-7-11(14-8-13-9)15-10(6-4-2)12(16)17/h2,7-8,10H,3,5-6H2,1H3,(H,16,17)(H,13,14,15). The van der Waals surface area contributed by atoms with Gasteiger partial charge in [-0.2, -0.15) is 0 Å². The van der Waals surface area contributed by atoms with Crippen LogP contribution in [0.4, 0.5) is 5.82 Å². The fourth-order valence-corrected chi connectivity index (χ4v) is 1.37. The van der Waals surface area contributed by atoms with E-state index in [2.05, 4.69) is 21.2 Å². The SMILES string of the molecule is C#CCC(Nc1cc(CCC)ncn1)C(=O)O. The van der Waals surface area contributed by atoms with Crippen molar-refractivity contribution in [1.82, 2.24) is 9.97 Å². The Kier molecular flexibility index (Phi) is 4.95. The highest BCUT2D eigenvalue weighted by atomic mass is 16.4. The molecule has 1 atom stereocenters. The van der Waals surface area contributed by atoms with E-state index in [1.54, 1.807) is 6.07 Å². The van der Waals surface area contributed by atoms with Crippen LogP contribution in [-0.4, -0.2) is 27.1 Å². The van der Waals surface area contributed by atoms with Crippen LogP contribution in [0.1, 0.15) is 25.5 Å². The highest BCUT2D eigenvalue weighted by Gasteiger charge is 2.16. The van der Waals surface area contributed by atoms with E-state index in [9.17, 15) is 4.79 Å². The van der Waals surface area contributed by atoms with Gasteiger partial charge in [-0.05, 0) is 6.42 Å². The van der Waals surface area contributed by atoms with Crippen molar-refractivity contribution >= 4 is 11.8 Å². The number of nitrogens with one attached hydrogen (secondary N) is 1. The van der Waals surface area contributed by atoms with Gasteiger partial charge in [0.25, 0.3) is 0 Å². The number of anilines is 1. The van der Waals surface area contributed by atoms with Crippen molar-refractivity contribution < 1.29 is 9.90 Å². The molecule has 0 aliphatic rings. The van der Waals surface area contributed by atoms with Crippen molar-refractivity contribution in [1.29, 1.82) is 0 Å². The zero-order valence-electron chi connectivity index (χ0n) is 9.68. The van der Waals surface area contributed by atoms with Gasteiger partial charge in [0.1, 0.15) is 18.2 Å². The normalized spacial score (nSPS) is 11.5. The van der Waals surface area contributed by atoms with E-state index in [4.69, 9.17) is 11.5 Å². The Hall–Kier alpha value is -2.09. The van der Waals surface area contributed by atoms with E-state index in [0.29, 0.717) is 5.82 Å². The van der Waals surface area contributed by atoms with E-state index in [1.807, 2.05) is 6.92 Å². The number of carboxylic acid groups (broad SMARTS) is 1. The molecule has 0 amide bonds. The number of hydrogen-bond donors (Lipinski definition) is 2. The Bertz CT molecular complexity index is 426. The molecule has 17 heavy (non-hydrogen) atoms. The maximum atomic E-state index is 10.9. The topological polar surface area (TPSA) is 75.1 Å². The summed E-state index contributed by atoms with van der Waals surface area (Å²) < 4.78 is 0. The summed E-state index contributed by atoms with van der Waals surface area (Å²) in [6.45, 7) is 2.05. The first-order chi connectivity index (χ1) is 8.17. The monoisotopic (exact) mass is 233 g/mol. The summed E-state index contributed by atoms with van der Waals surface area (Å²) in [5.74, 6) is 1.83. The maximum Gasteiger partial charge on any atom is 0.327 e. The zero-order valence-corrected chi connectivity index (χ0v) is 9.68. The van der Waals surface area contributed by atoms with Crippen LogP contribution in [0.25, 0.3) is 0 Å². The third-order valence-electron chi connectivity index (χ3n) is 2.17. The summed E-state index contributed by atoms with van der Waals surface area (Å²) >= 11 is 0. The molecule has 5 heteroatoms. The largest absolute Gasteiger partial charge is 0.480 e. The predicted octanol–water partition coefficient (Wildman–Crippen LogP) is 1.32. The van der Waals surface area contributed by atoms with Gasteiger partial charge >= 0.3 is 5.97 Å². The first-order valence-corrected chi connectivity index (χ1v) is 5.41. The van der Waals surface area contributed by atoms with Crippen LogP contribution in [0.15, 0.2) is 12.4 Å². The number of carboxylic acids is 1. The first kappa shape index (κ1) is 13.0. The minimum Gasteiger partial charge on any atom is -0.480 e. The van der Waals surface area contributed by atoms with Crippen molar-refractivity contribution in [3.8, 4) is 12.3 Å². The molecule has 1 aromatic rings. The third kappa shape index (κ3) is 4.11. The summed E-state index contributed by atoms with van der Waals surface area (Å²) in [6.07, 6.45) is 8.46. The second-order valence-electron chi connectivity index (χ2n) is 3.59. The van der Waals surface area contributed by atoms with Crippen molar-refractivity contribution in [2.45, 2.75) is 32.2 Å². The highest BCUT2D eigenvalue weighted by molar-refractivity contribution is 5.77. The Morgan fingerprint density at radius 1 is 1.65 bits per heavy atom. The van der Waals surface area contributed by atoms with E-state index in [-0.39, 0.29) is 6.42 Å². The molecule has 0 spiro atoms. The number of aromatic nitrogens is 2. The van der Waals surface area contributed by atoms with Gasteiger partial charge in [-0.3, -0.25) is 0 Å². The number of terminal acetylenes is 1. The summed E-state index contributed by atoms with van der Waals surface area (Å²) in [6, 6.07) is 0.931. The third-order valence-corrected chi connectivity index (χ3v) is 2.17. The Balaban J connectivity index is 2.75. The van der Waals surface area contributed by atoms with Crippen LogP contribution >= 0.6 is 0 Å². The molecule has 0 saturated heterocycles. The summed E-state index contributed by atoms with van der Waals surface area (Å²) in [5.41, 5.74) is 0.884. The van der Waals surface area contributed by atoms with Crippen molar-refractivity contribution in [3.63, 3.8) is 0 Å². The van der Waals surface area contributed by atoms with Crippen molar-refractivity contribution in [3.05, 3.63) is 18.1 Å². The second kappa shape index (κ2) is 6.48. The lowest BCUT2D eigenvalue weighted by Crippen LogP contribution is -2.29. The molecular formula is C12H15N3O2. The molecule has 2 N–H and O–H groups in total. The van der Waals surface area contributed by atoms with Gasteiger partial charge in [0, 0.05) is 18.2 Å². The molecule has 1 rings (SSSR count). The molecule has 0 bridgehead atoms. The van der Waals surface area contributed by atoms with Crippen molar-refractivity contribution in [2.24, 2.45) is 0 Å². The van der Waals surface area contributed by atoms with Gasteiger partial charge in [-0.15, -0.1) is 12.3 Å². The quantitative estimate of drug-likeness (QED) is 0.725. The number of carbonyl (C=O) groups is 1. The van der Waals surface area contributed by atoms with Gasteiger partial charge in [-0.1, -0.05) is 13.3 Å². The second-order valence-corrected chi connectivity index (χ2v) is 3.59. The minimum absolute atomic E-state index is 0.114. The molecule has 0 radical (unpaired) electrons. The Morgan fingerprint density at radius 2 is 2.41 bits per heavy atom. The van der Waals surface area contributed by atoms with Gasteiger partial charge in [0.15, 0.2) is 0 Å². The summed E-state index contributed by atoms with van der Waals surface area (Å²) in [7, 11) is 0.